The van der Waals surface area contributed by atoms with Crippen molar-refractivity contribution in [2.24, 2.45) is 0 Å². The first kappa shape index (κ1) is 14.3. The number of hydrogen-bond acceptors (Lipinski definition) is 5. The van der Waals surface area contributed by atoms with Crippen molar-refractivity contribution in [3.05, 3.63) is 47.9 Å². The first-order valence-electron chi connectivity index (χ1n) is 6.44. The molecule has 0 saturated heterocycles. The van der Waals surface area contributed by atoms with E-state index in [2.05, 4.69) is 15.3 Å². The molecule has 0 saturated carbocycles. The first-order valence-corrected chi connectivity index (χ1v) is 6.44. The molecule has 0 fully saturated rings. The summed E-state index contributed by atoms with van der Waals surface area (Å²) in [4.78, 5) is 8.58. The fourth-order valence-corrected chi connectivity index (χ4v) is 2.16. The van der Waals surface area contributed by atoms with Gasteiger partial charge in [0.25, 0.3) is 0 Å². The predicted molar refractivity (Wildman–Crippen MR) is 77.1 cm³/mol. The number of nitrogens with zero attached hydrogens (tertiary/aromatic N) is 2. The zero-order chi connectivity index (χ0) is 14.4. The minimum Gasteiger partial charge on any atom is -0.496 e. The van der Waals surface area contributed by atoms with Crippen molar-refractivity contribution in [2.75, 3.05) is 21.3 Å². The van der Waals surface area contributed by atoms with Crippen LogP contribution in [0.25, 0.3) is 0 Å². The van der Waals surface area contributed by atoms with E-state index in [-0.39, 0.29) is 6.04 Å². The van der Waals surface area contributed by atoms with Gasteiger partial charge in [-0.2, -0.15) is 0 Å². The Labute approximate surface area is 119 Å². The van der Waals surface area contributed by atoms with Crippen molar-refractivity contribution in [3.63, 3.8) is 0 Å². The van der Waals surface area contributed by atoms with Gasteiger partial charge in [0.05, 0.1) is 20.3 Å². The zero-order valence-electron chi connectivity index (χ0n) is 12.0. The quantitative estimate of drug-likeness (QED) is 0.872. The van der Waals surface area contributed by atoms with E-state index in [1.807, 2.05) is 31.3 Å². The van der Waals surface area contributed by atoms with E-state index in [1.165, 1.54) is 0 Å². The Morgan fingerprint density at radius 1 is 1.10 bits per heavy atom. The Morgan fingerprint density at radius 3 is 2.55 bits per heavy atom. The summed E-state index contributed by atoms with van der Waals surface area (Å²) in [5.74, 6) is 1.41. The van der Waals surface area contributed by atoms with Crippen LogP contribution >= 0.6 is 0 Å². The summed E-state index contributed by atoms with van der Waals surface area (Å²) >= 11 is 0. The van der Waals surface area contributed by atoms with Crippen LogP contribution in [0.5, 0.6) is 11.6 Å². The lowest BCUT2D eigenvalue weighted by atomic mass is 10.0. The second-order valence-corrected chi connectivity index (χ2v) is 4.31. The Bertz CT molecular complexity index is 560. The van der Waals surface area contributed by atoms with Crippen LogP contribution in [0.2, 0.25) is 0 Å². The number of aromatic nitrogens is 2. The molecule has 1 unspecified atom stereocenters. The van der Waals surface area contributed by atoms with E-state index in [0.29, 0.717) is 5.88 Å². The van der Waals surface area contributed by atoms with Crippen LogP contribution in [-0.4, -0.2) is 31.2 Å². The van der Waals surface area contributed by atoms with Crippen LogP contribution < -0.4 is 14.8 Å². The number of likely N-dealkylation sites (N-methyl/N-ethyl adjacent to an activating group) is 1. The lowest BCUT2D eigenvalue weighted by Crippen LogP contribution is -2.21. The molecule has 0 radical (unpaired) electrons. The van der Waals surface area contributed by atoms with Crippen molar-refractivity contribution >= 4 is 0 Å². The highest BCUT2D eigenvalue weighted by atomic mass is 16.5. The SMILES string of the molecule is CNC(Cc1ccccc1OC)c1nccnc1OC. The Hall–Kier alpha value is -2.14. The third-order valence-corrected chi connectivity index (χ3v) is 3.18. The van der Waals surface area contributed by atoms with Crippen LogP contribution in [0.4, 0.5) is 0 Å². The topological polar surface area (TPSA) is 56.3 Å². The van der Waals surface area contributed by atoms with Crippen molar-refractivity contribution in [1.29, 1.82) is 0 Å². The molecule has 106 valence electrons. The summed E-state index contributed by atoms with van der Waals surface area (Å²) in [7, 11) is 5.17. The maximum absolute atomic E-state index is 5.39. The zero-order valence-corrected chi connectivity index (χ0v) is 12.0. The van der Waals surface area contributed by atoms with E-state index < -0.39 is 0 Å². The summed E-state index contributed by atoms with van der Waals surface area (Å²) in [5, 5.41) is 3.25. The maximum Gasteiger partial charge on any atom is 0.237 e. The fraction of sp³-hybridized carbons (Fsp3) is 0.333. The van der Waals surface area contributed by atoms with Gasteiger partial charge in [0.15, 0.2) is 0 Å². The molecule has 1 aromatic carbocycles. The molecule has 5 heteroatoms. The third-order valence-electron chi connectivity index (χ3n) is 3.18. The lowest BCUT2D eigenvalue weighted by molar-refractivity contribution is 0.377. The number of nitrogens with one attached hydrogen (secondary N) is 1. The van der Waals surface area contributed by atoms with Gasteiger partial charge in [-0.05, 0) is 25.1 Å². The van der Waals surface area contributed by atoms with Crippen LogP contribution in [-0.2, 0) is 6.42 Å². The van der Waals surface area contributed by atoms with Gasteiger partial charge in [-0.25, -0.2) is 4.98 Å². The lowest BCUT2D eigenvalue weighted by Gasteiger charge is -2.18. The summed E-state index contributed by atoms with van der Waals surface area (Å²) in [6.45, 7) is 0. The van der Waals surface area contributed by atoms with Gasteiger partial charge < -0.3 is 14.8 Å². The van der Waals surface area contributed by atoms with E-state index in [4.69, 9.17) is 9.47 Å². The van der Waals surface area contributed by atoms with Crippen molar-refractivity contribution in [1.82, 2.24) is 15.3 Å². The van der Waals surface area contributed by atoms with E-state index >= 15 is 0 Å². The van der Waals surface area contributed by atoms with E-state index in [9.17, 15) is 0 Å². The molecular formula is C15H19N3O2. The van der Waals surface area contributed by atoms with Gasteiger partial charge in [0.1, 0.15) is 11.4 Å². The number of ether oxygens (including phenoxy) is 2. The van der Waals surface area contributed by atoms with Crippen LogP contribution in [0, 0.1) is 0 Å². The highest BCUT2D eigenvalue weighted by Gasteiger charge is 2.18. The summed E-state index contributed by atoms with van der Waals surface area (Å²) in [5.41, 5.74) is 1.91. The van der Waals surface area contributed by atoms with E-state index in [0.717, 1.165) is 23.4 Å². The normalized spacial score (nSPS) is 11.9. The summed E-state index contributed by atoms with van der Waals surface area (Å²) < 4.78 is 10.7. The predicted octanol–water partition coefficient (Wildman–Crippen LogP) is 2.00. The van der Waals surface area contributed by atoms with Gasteiger partial charge in [-0.3, -0.25) is 4.98 Å². The Morgan fingerprint density at radius 2 is 1.85 bits per heavy atom. The molecular weight excluding hydrogens is 254 g/mol. The minimum absolute atomic E-state index is 0.00921. The molecule has 0 bridgehead atoms. The number of methoxy groups -OCH3 is 2. The molecule has 2 rings (SSSR count). The third kappa shape index (κ3) is 3.05. The van der Waals surface area contributed by atoms with Gasteiger partial charge in [-0.15, -0.1) is 0 Å². The second-order valence-electron chi connectivity index (χ2n) is 4.31. The molecule has 0 amide bonds. The van der Waals surface area contributed by atoms with Crippen LogP contribution in [0.15, 0.2) is 36.7 Å². The van der Waals surface area contributed by atoms with Gasteiger partial charge in [-0.1, -0.05) is 18.2 Å². The molecule has 5 nitrogen and oxygen atoms in total. The molecule has 2 aromatic rings. The summed E-state index contributed by atoms with van der Waals surface area (Å²) in [6.07, 6.45) is 4.04. The molecule has 0 aliphatic carbocycles. The molecule has 1 N–H and O–H groups in total. The number of benzene rings is 1. The molecule has 1 heterocycles. The number of rotatable bonds is 6. The number of para-hydroxylation sites is 1. The monoisotopic (exact) mass is 273 g/mol. The minimum atomic E-state index is 0.00921. The molecule has 20 heavy (non-hydrogen) atoms. The van der Waals surface area contributed by atoms with Crippen LogP contribution in [0.3, 0.4) is 0 Å². The Balaban J connectivity index is 2.29. The average molecular weight is 273 g/mol. The van der Waals surface area contributed by atoms with Gasteiger partial charge in [0.2, 0.25) is 5.88 Å². The first-order chi connectivity index (χ1) is 9.80. The van der Waals surface area contributed by atoms with Crippen LogP contribution in [0.1, 0.15) is 17.3 Å². The van der Waals surface area contributed by atoms with Crippen molar-refractivity contribution < 1.29 is 9.47 Å². The molecule has 1 atom stereocenters. The second kappa shape index (κ2) is 6.86. The summed E-state index contributed by atoms with van der Waals surface area (Å²) in [6, 6.07) is 7.97. The average Bonchev–Trinajstić information content (AvgIpc) is 2.53. The molecule has 0 aliphatic heterocycles. The fourth-order valence-electron chi connectivity index (χ4n) is 2.16. The van der Waals surface area contributed by atoms with E-state index in [1.54, 1.807) is 26.6 Å². The standard InChI is InChI=1S/C15H19N3O2/c1-16-12(14-15(20-3)18-9-8-17-14)10-11-6-4-5-7-13(11)19-2/h4-9,12,16H,10H2,1-3H3. The Kier molecular flexibility index (Phi) is 4.90. The smallest absolute Gasteiger partial charge is 0.237 e. The number of hydrogen-bond donors (Lipinski definition) is 1. The van der Waals surface area contributed by atoms with Crippen molar-refractivity contribution in [3.8, 4) is 11.6 Å². The largest absolute Gasteiger partial charge is 0.496 e. The molecule has 1 aromatic heterocycles. The molecule has 0 spiro atoms. The highest BCUT2D eigenvalue weighted by Crippen LogP contribution is 2.27. The van der Waals surface area contributed by atoms with Gasteiger partial charge >= 0.3 is 0 Å². The van der Waals surface area contributed by atoms with Gasteiger partial charge in [0, 0.05) is 12.4 Å². The highest BCUT2D eigenvalue weighted by molar-refractivity contribution is 5.35. The molecule has 0 aliphatic rings. The maximum atomic E-state index is 5.39. The van der Waals surface area contributed by atoms with Crippen molar-refractivity contribution in [2.45, 2.75) is 12.5 Å².